The molecule has 2 heterocycles. The van der Waals surface area contributed by atoms with Crippen molar-refractivity contribution in [3.63, 3.8) is 0 Å². The third-order valence-corrected chi connectivity index (χ3v) is 2.71. The van der Waals surface area contributed by atoms with Gasteiger partial charge in [0.05, 0.1) is 0 Å². The van der Waals surface area contributed by atoms with E-state index < -0.39 is 12.0 Å². The Labute approximate surface area is 94.1 Å². The summed E-state index contributed by atoms with van der Waals surface area (Å²) in [5.41, 5.74) is 1.17. The van der Waals surface area contributed by atoms with Crippen molar-refractivity contribution in [2.24, 2.45) is 0 Å². The first kappa shape index (κ1) is 11.0. The Morgan fingerprint density at radius 3 is 3.00 bits per heavy atom. The molecule has 0 unspecified atom stereocenters. The third-order valence-electron chi connectivity index (χ3n) is 2.71. The Hall–Kier alpha value is -1.46. The van der Waals surface area contributed by atoms with E-state index >= 15 is 0 Å². The van der Waals surface area contributed by atoms with Crippen molar-refractivity contribution >= 4 is 5.97 Å². The lowest BCUT2D eigenvalue weighted by Crippen LogP contribution is -2.53. The summed E-state index contributed by atoms with van der Waals surface area (Å²) in [5.74, 6) is -0.778. The van der Waals surface area contributed by atoms with Crippen LogP contribution in [0.15, 0.2) is 24.5 Å². The number of hydrogen-bond donors (Lipinski definition) is 2. The maximum atomic E-state index is 10.9. The number of rotatable bonds is 3. The molecule has 1 aliphatic rings. The Kier molecular flexibility index (Phi) is 3.48. The van der Waals surface area contributed by atoms with Crippen LogP contribution in [0.5, 0.6) is 0 Å². The molecule has 16 heavy (non-hydrogen) atoms. The fourth-order valence-corrected chi connectivity index (χ4v) is 1.87. The first-order valence-electron chi connectivity index (χ1n) is 5.33. The Morgan fingerprint density at radius 1 is 1.56 bits per heavy atom. The predicted molar refractivity (Wildman–Crippen MR) is 58.9 cm³/mol. The average molecular weight is 221 g/mol. The van der Waals surface area contributed by atoms with Crippen LogP contribution in [0.4, 0.5) is 0 Å². The topological polar surface area (TPSA) is 65.5 Å². The molecule has 5 heteroatoms. The number of carbonyl (C=O) groups is 1. The number of nitrogens with zero attached hydrogens (tertiary/aromatic N) is 2. The van der Waals surface area contributed by atoms with Gasteiger partial charge in [0.25, 0.3) is 0 Å². The lowest BCUT2D eigenvalue weighted by atomic mass is 10.2. The van der Waals surface area contributed by atoms with Crippen LogP contribution in [0.2, 0.25) is 0 Å². The van der Waals surface area contributed by atoms with Gasteiger partial charge >= 0.3 is 5.97 Å². The molecule has 2 rings (SSSR count). The van der Waals surface area contributed by atoms with E-state index in [4.69, 9.17) is 5.11 Å². The smallest absolute Gasteiger partial charge is 0.322 e. The second kappa shape index (κ2) is 5.05. The van der Waals surface area contributed by atoms with Crippen molar-refractivity contribution in [3.8, 4) is 0 Å². The second-order valence-electron chi connectivity index (χ2n) is 3.94. The molecule has 1 fully saturated rings. The Bertz CT molecular complexity index is 356. The summed E-state index contributed by atoms with van der Waals surface area (Å²) >= 11 is 0. The van der Waals surface area contributed by atoms with E-state index in [2.05, 4.69) is 15.2 Å². The molecular formula is C11H15N3O2. The van der Waals surface area contributed by atoms with Crippen molar-refractivity contribution in [2.45, 2.75) is 12.6 Å². The number of pyridine rings is 1. The van der Waals surface area contributed by atoms with Gasteiger partial charge in [-0.3, -0.25) is 14.7 Å². The second-order valence-corrected chi connectivity index (χ2v) is 3.94. The Morgan fingerprint density at radius 2 is 2.31 bits per heavy atom. The van der Waals surface area contributed by atoms with Gasteiger partial charge in [0.1, 0.15) is 6.04 Å². The Balaban J connectivity index is 1.93. The number of carboxylic acid groups (broad SMARTS) is 1. The van der Waals surface area contributed by atoms with Gasteiger partial charge in [0, 0.05) is 38.6 Å². The molecule has 1 aromatic heterocycles. The van der Waals surface area contributed by atoms with E-state index in [1.165, 1.54) is 5.56 Å². The van der Waals surface area contributed by atoms with Crippen LogP contribution in [0.1, 0.15) is 5.56 Å². The molecule has 1 atom stereocenters. The molecule has 2 N–H and O–H groups in total. The normalized spacial score (nSPS) is 21.9. The van der Waals surface area contributed by atoms with Crippen molar-refractivity contribution in [3.05, 3.63) is 30.1 Å². The fraction of sp³-hybridized carbons (Fsp3) is 0.455. The van der Waals surface area contributed by atoms with E-state index in [1.807, 2.05) is 12.1 Å². The maximum Gasteiger partial charge on any atom is 0.322 e. The molecule has 0 saturated carbocycles. The molecule has 86 valence electrons. The highest BCUT2D eigenvalue weighted by Gasteiger charge is 2.24. The summed E-state index contributed by atoms with van der Waals surface area (Å²) in [5, 5.41) is 11.9. The highest BCUT2D eigenvalue weighted by atomic mass is 16.4. The molecule has 0 aromatic carbocycles. The molecule has 1 saturated heterocycles. The summed E-state index contributed by atoms with van der Waals surface area (Å²) in [6.07, 6.45) is 3.51. The van der Waals surface area contributed by atoms with Crippen LogP contribution in [0, 0.1) is 0 Å². The van der Waals surface area contributed by atoms with Crippen LogP contribution in [-0.2, 0) is 11.3 Å². The minimum absolute atomic E-state index is 0.449. The molecular weight excluding hydrogens is 206 g/mol. The van der Waals surface area contributed by atoms with Gasteiger partial charge in [-0.15, -0.1) is 0 Å². The zero-order valence-electron chi connectivity index (χ0n) is 8.97. The van der Waals surface area contributed by atoms with Gasteiger partial charge in [-0.25, -0.2) is 0 Å². The van der Waals surface area contributed by atoms with Crippen molar-refractivity contribution in [1.82, 2.24) is 15.2 Å². The van der Waals surface area contributed by atoms with Crippen LogP contribution >= 0.6 is 0 Å². The van der Waals surface area contributed by atoms with Gasteiger partial charge in [-0.2, -0.15) is 0 Å². The first-order valence-corrected chi connectivity index (χ1v) is 5.33. The van der Waals surface area contributed by atoms with Gasteiger partial charge in [-0.05, 0) is 17.7 Å². The summed E-state index contributed by atoms with van der Waals surface area (Å²) in [6.45, 7) is 2.94. The number of carboxylic acids is 1. The lowest BCUT2D eigenvalue weighted by Gasteiger charge is -2.31. The van der Waals surface area contributed by atoms with Crippen LogP contribution < -0.4 is 5.32 Å². The summed E-state index contributed by atoms with van der Waals surface area (Å²) in [4.78, 5) is 17.0. The highest BCUT2D eigenvalue weighted by molar-refractivity contribution is 5.73. The van der Waals surface area contributed by atoms with Gasteiger partial charge in [0.15, 0.2) is 0 Å². The number of aliphatic carboxylic acids is 1. The van der Waals surface area contributed by atoms with Crippen molar-refractivity contribution in [2.75, 3.05) is 19.6 Å². The van der Waals surface area contributed by atoms with Crippen molar-refractivity contribution in [1.29, 1.82) is 0 Å². The van der Waals surface area contributed by atoms with E-state index in [9.17, 15) is 4.79 Å². The van der Waals surface area contributed by atoms with E-state index in [1.54, 1.807) is 12.4 Å². The van der Waals surface area contributed by atoms with Gasteiger partial charge < -0.3 is 10.4 Å². The predicted octanol–water partition coefficient (Wildman–Crippen LogP) is -0.0600. The number of aromatic nitrogens is 1. The minimum atomic E-state index is -0.778. The van der Waals surface area contributed by atoms with Gasteiger partial charge in [-0.1, -0.05) is 0 Å². The number of nitrogens with one attached hydrogen (secondary N) is 1. The monoisotopic (exact) mass is 221 g/mol. The number of piperazine rings is 1. The summed E-state index contributed by atoms with van der Waals surface area (Å²) < 4.78 is 0. The first-order chi connectivity index (χ1) is 7.75. The summed E-state index contributed by atoms with van der Waals surface area (Å²) in [7, 11) is 0. The standard InChI is InChI=1S/C11H15N3O2/c15-11(16)10-8-14(6-5-13-10)7-9-1-3-12-4-2-9/h1-4,10,13H,5-8H2,(H,15,16)/t10-/m1/s1. The van der Waals surface area contributed by atoms with E-state index in [-0.39, 0.29) is 0 Å². The molecule has 0 spiro atoms. The van der Waals surface area contributed by atoms with E-state index in [0.29, 0.717) is 6.54 Å². The molecule has 1 aliphatic heterocycles. The molecule has 5 nitrogen and oxygen atoms in total. The summed E-state index contributed by atoms with van der Waals surface area (Å²) in [6, 6.07) is 3.46. The zero-order valence-corrected chi connectivity index (χ0v) is 8.97. The van der Waals surface area contributed by atoms with E-state index in [0.717, 1.165) is 19.6 Å². The third kappa shape index (κ3) is 2.77. The average Bonchev–Trinajstić information content (AvgIpc) is 2.30. The van der Waals surface area contributed by atoms with Crippen LogP contribution in [0.3, 0.4) is 0 Å². The minimum Gasteiger partial charge on any atom is -0.480 e. The van der Waals surface area contributed by atoms with Crippen molar-refractivity contribution < 1.29 is 9.90 Å². The molecule has 0 bridgehead atoms. The lowest BCUT2D eigenvalue weighted by molar-refractivity contribution is -0.140. The fourth-order valence-electron chi connectivity index (χ4n) is 1.87. The SMILES string of the molecule is O=C(O)[C@H]1CN(Cc2ccncc2)CCN1. The molecule has 1 aromatic rings. The van der Waals surface area contributed by atoms with Crippen LogP contribution in [-0.4, -0.2) is 46.6 Å². The van der Waals surface area contributed by atoms with Crippen LogP contribution in [0.25, 0.3) is 0 Å². The van der Waals surface area contributed by atoms with Gasteiger partial charge in [0.2, 0.25) is 0 Å². The quantitative estimate of drug-likeness (QED) is 0.748. The molecule has 0 radical (unpaired) electrons. The molecule has 0 amide bonds. The zero-order chi connectivity index (χ0) is 11.4. The maximum absolute atomic E-state index is 10.9. The largest absolute Gasteiger partial charge is 0.480 e. The highest BCUT2D eigenvalue weighted by Crippen LogP contribution is 2.06. The number of hydrogen-bond acceptors (Lipinski definition) is 4. The molecule has 0 aliphatic carbocycles.